The molecule has 1 heterocycles. The van der Waals surface area contributed by atoms with E-state index in [1.807, 2.05) is 0 Å². The molecule has 1 fully saturated rings. The number of likely N-dealkylation sites (tertiary alicyclic amines) is 1. The second-order valence-electron chi connectivity index (χ2n) is 5.10. The molecule has 0 aliphatic carbocycles. The van der Waals surface area contributed by atoms with Crippen LogP contribution in [0.4, 0.5) is 13.2 Å². The van der Waals surface area contributed by atoms with Crippen molar-refractivity contribution >= 4 is 11.8 Å². The van der Waals surface area contributed by atoms with Gasteiger partial charge in [0.2, 0.25) is 5.91 Å². The maximum Gasteiger partial charge on any atom is 0.415 e. The van der Waals surface area contributed by atoms with Crippen LogP contribution in [0.15, 0.2) is 0 Å². The zero-order valence-corrected chi connectivity index (χ0v) is 10.2. The molecule has 104 valence electrons. The molecule has 0 radical (unpaired) electrons. The van der Waals surface area contributed by atoms with Crippen LogP contribution in [0.1, 0.15) is 20.3 Å². The fourth-order valence-electron chi connectivity index (χ4n) is 1.79. The predicted octanol–water partition coefficient (Wildman–Crippen LogP) is -0.0100. The van der Waals surface area contributed by atoms with Crippen molar-refractivity contribution < 1.29 is 22.8 Å². The minimum absolute atomic E-state index is 0.0428. The van der Waals surface area contributed by atoms with Crippen molar-refractivity contribution in [2.75, 3.05) is 13.1 Å². The van der Waals surface area contributed by atoms with E-state index < -0.39 is 28.9 Å². The highest BCUT2D eigenvalue weighted by Gasteiger charge is 2.57. The Morgan fingerprint density at radius 3 is 2.17 bits per heavy atom. The van der Waals surface area contributed by atoms with Gasteiger partial charge in [-0.2, -0.15) is 13.2 Å². The van der Waals surface area contributed by atoms with Crippen molar-refractivity contribution in [1.29, 1.82) is 0 Å². The second-order valence-corrected chi connectivity index (χ2v) is 5.10. The number of amides is 2. The van der Waals surface area contributed by atoms with E-state index in [2.05, 4.69) is 0 Å². The van der Waals surface area contributed by atoms with Gasteiger partial charge in [-0.15, -0.1) is 0 Å². The molecule has 1 aliphatic rings. The van der Waals surface area contributed by atoms with E-state index in [1.54, 1.807) is 0 Å². The van der Waals surface area contributed by atoms with E-state index in [-0.39, 0.29) is 19.5 Å². The Bertz CT molecular complexity index is 381. The molecule has 0 bridgehead atoms. The molecule has 4 N–H and O–H groups in total. The average molecular weight is 267 g/mol. The first kappa shape index (κ1) is 14.7. The number of hydrogen-bond acceptors (Lipinski definition) is 3. The first-order valence-corrected chi connectivity index (χ1v) is 5.37. The van der Waals surface area contributed by atoms with Gasteiger partial charge < -0.3 is 16.4 Å². The highest BCUT2D eigenvalue weighted by atomic mass is 19.4. The van der Waals surface area contributed by atoms with Gasteiger partial charge in [-0.3, -0.25) is 9.59 Å². The maximum absolute atomic E-state index is 12.6. The summed E-state index contributed by atoms with van der Waals surface area (Å²) >= 11 is 0. The quantitative estimate of drug-likeness (QED) is 0.737. The fourth-order valence-corrected chi connectivity index (χ4v) is 1.79. The van der Waals surface area contributed by atoms with Crippen molar-refractivity contribution in [2.24, 2.45) is 16.9 Å². The number of halogens is 3. The minimum atomic E-state index is -4.84. The van der Waals surface area contributed by atoms with Crippen molar-refractivity contribution in [3.05, 3.63) is 0 Å². The molecule has 1 saturated heterocycles. The maximum atomic E-state index is 12.6. The minimum Gasteiger partial charge on any atom is -0.369 e. The van der Waals surface area contributed by atoms with Gasteiger partial charge in [-0.1, -0.05) is 0 Å². The highest BCUT2D eigenvalue weighted by Crippen LogP contribution is 2.34. The lowest BCUT2D eigenvalue weighted by atomic mass is 9.89. The number of carbonyl (C=O) groups excluding carboxylic acids is 2. The van der Waals surface area contributed by atoms with Crippen LogP contribution in [0.5, 0.6) is 0 Å². The summed E-state index contributed by atoms with van der Waals surface area (Å²) in [7, 11) is 0. The van der Waals surface area contributed by atoms with E-state index in [0.717, 1.165) is 4.90 Å². The lowest BCUT2D eigenvalue weighted by Gasteiger charge is -2.31. The van der Waals surface area contributed by atoms with Crippen LogP contribution in [0.3, 0.4) is 0 Å². The van der Waals surface area contributed by atoms with E-state index in [9.17, 15) is 22.8 Å². The largest absolute Gasteiger partial charge is 0.415 e. The molecule has 0 aromatic rings. The molecule has 0 spiro atoms. The van der Waals surface area contributed by atoms with Crippen LogP contribution < -0.4 is 11.5 Å². The topological polar surface area (TPSA) is 89.4 Å². The number of carbonyl (C=O) groups is 2. The van der Waals surface area contributed by atoms with E-state index in [1.165, 1.54) is 6.92 Å². The van der Waals surface area contributed by atoms with Crippen LogP contribution in [0.25, 0.3) is 0 Å². The summed E-state index contributed by atoms with van der Waals surface area (Å²) < 4.78 is 37.9. The Kier molecular flexibility index (Phi) is 3.37. The molecule has 5 nitrogen and oxygen atoms in total. The molecule has 2 amide bonds. The van der Waals surface area contributed by atoms with Crippen molar-refractivity contribution in [3.63, 3.8) is 0 Å². The van der Waals surface area contributed by atoms with E-state index in [4.69, 9.17) is 11.5 Å². The third kappa shape index (κ3) is 2.29. The number of primary amides is 1. The number of hydrogen-bond donors (Lipinski definition) is 2. The molecule has 1 aliphatic heterocycles. The van der Waals surface area contributed by atoms with Gasteiger partial charge in [0.15, 0.2) is 5.54 Å². The highest BCUT2D eigenvalue weighted by molar-refractivity contribution is 5.89. The summed E-state index contributed by atoms with van der Waals surface area (Å²) in [6.07, 6.45) is -4.60. The smallest absolute Gasteiger partial charge is 0.369 e. The molecular formula is C10H16F3N3O2. The first-order valence-electron chi connectivity index (χ1n) is 5.37. The number of nitrogens with two attached hydrogens (primary N) is 2. The number of alkyl halides is 3. The summed E-state index contributed by atoms with van der Waals surface area (Å²) in [5.41, 5.74) is 6.27. The van der Waals surface area contributed by atoms with E-state index in [0.29, 0.717) is 6.92 Å². The summed E-state index contributed by atoms with van der Waals surface area (Å²) in [5.74, 6) is -1.87. The van der Waals surface area contributed by atoms with Crippen LogP contribution in [-0.2, 0) is 9.59 Å². The molecule has 18 heavy (non-hydrogen) atoms. The lowest BCUT2D eigenvalue weighted by Crippen LogP contribution is -2.62. The third-order valence-corrected chi connectivity index (χ3v) is 3.39. The zero-order valence-electron chi connectivity index (χ0n) is 10.2. The Morgan fingerprint density at radius 1 is 1.33 bits per heavy atom. The van der Waals surface area contributed by atoms with Crippen molar-refractivity contribution in [1.82, 2.24) is 4.90 Å². The Morgan fingerprint density at radius 2 is 1.83 bits per heavy atom. The number of rotatable bonds is 2. The summed E-state index contributed by atoms with van der Waals surface area (Å²) in [5, 5.41) is 0. The van der Waals surface area contributed by atoms with Gasteiger partial charge in [-0.25, -0.2) is 0 Å². The fraction of sp³-hybridized carbons (Fsp3) is 0.800. The molecule has 0 aromatic carbocycles. The predicted molar refractivity (Wildman–Crippen MR) is 57.1 cm³/mol. The van der Waals surface area contributed by atoms with E-state index >= 15 is 0 Å². The van der Waals surface area contributed by atoms with Crippen LogP contribution >= 0.6 is 0 Å². The summed E-state index contributed by atoms with van der Waals surface area (Å²) in [6, 6.07) is 0. The van der Waals surface area contributed by atoms with Gasteiger partial charge in [0.25, 0.3) is 5.91 Å². The third-order valence-electron chi connectivity index (χ3n) is 3.39. The van der Waals surface area contributed by atoms with Crippen molar-refractivity contribution in [3.8, 4) is 0 Å². The first-order chi connectivity index (χ1) is 7.92. The molecule has 0 saturated carbocycles. The normalized spacial score (nSPS) is 28.0. The Labute approximate surface area is 102 Å². The van der Waals surface area contributed by atoms with Crippen molar-refractivity contribution in [2.45, 2.75) is 32.0 Å². The van der Waals surface area contributed by atoms with Gasteiger partial charge in [0.1, 0.15) is 0 Å². The van der Waals surface area contributed by atoms with Gasteiger partial charge in [0, 0.05) is 13.1 Å². The molecule has 1 rings (SSSR count). The van der Waals surface area contributed by atoms with Crippen LogP contribution in [0.2, 0.25) is 0 Å². The van der Waals surface area contributed by atoms with Gasteiger partial charge in [-0.05, 0) is 20.3 Å². The monoisotopic (exact) mass is 267 g/mol. The molecule has 0 aromatic heterocycles. The Balaban J connectivity index is 2.87. The summed E-state index contributed by atoms with van der Waals surface area (Å²) in [6.45, 7) is 2.05. The van der Waals surface area contributed by atoms with Gasteiger partial charge >= 0.3 is 6.18 Å². The molecule has 8 heteroatoms. The SMILES string of the molecule is CC1(C(N)=O)CCN(C(=O)C(C)(N)C(F)(F)F)C1. The average Bonchev–Trinajstić information content (AvgIpc) is 2.59. The lowest BCUT2D eigenvalue weighted by molar-refractivity contribution is -0.193. The summed E-state index contributed by atoms with van der Waals surface area (Å²) in [4.78, 5) is 23.9. The Hall–Kier alpha value is -1.31. The standard InChI is InChI=1S/C10H16F3N3O2/c1-8(6(14)17)3-4-16(5-8)7(18)9(2,15)10(11,12)13/h3-5,15H2,1-2H3,(H2,14,17). The zero-order chi connectivity index (χ0) is 14.4. The number of nitrogens with zero attached hydrogens (tertiary/aromatic N) is 1. The molecular weight excluding hydrogens is 251 g/mol. The van der Waals surface area contributed by atoms with Crippen LogP contribution in [0, 0.1) is 5.41 Å². The molecule has 2 unspecified atom stereocenters. The van der Waals surface area contributed by atoms with Crippen LogP contribution in [-0.4, -0.2) is 41.5 Å². The van der Waals surface area contributed by atoms with Gasteiger partial charge in [0.05, 0.1) is 5.41 Å². The second kappa shape index (κ2) is 4.11. The molecule has 2 atom stereocenters.